The molecule has 2 aliphatic rings. The Bertz CT molecular complexity index is 526. The fraction of sp³-hybridized carbons (Fsp3) is 0.667. The maximum atomic E-state index is 8.80. The number of ether oxygens (including phenoxy) is 1. The summed E-state index contributed by atoms with van der Waals surface area (Å²) < 4.78 is 6.38. The minimum Gasteiger partial charge on any atom is -0.365 e. The van der Waals surface area contributed by atoms with Gasteiger partial charge in [0.2, 0.25) is 0 Å². The van der Waals surface area contributed by atoms with Gasteiger partial charge in [-0.25, -0.2) is 0 Å². The Morgan fingerprint density at radius 2 is 1.95 bits per heavy atom. The summed E-state index contributed by atoms with van der Waals surface area (Å²) in [4.78, 5) is 2.25. The van der Waals surface area contributed by atoms with Gasteiger partial charge in [0.1, 0.15) is 6.07 Å². The lowest BCUT2D eigenvalue weighted by Crippen LogP contribution is -2.59. The molecule has 106 valence electrons. The average molecular weight is 272 g/mol. The fourth-order valence-corrected chi connectivity index (χ4v) is 3.51. The highest BCUT2D eigenvalue weighted by molar-refractivity contribution is 5.41. The number of hydrogen-bond acceptors (Lipinski definition) is 5. The first-order chi connectivity index (χ1) is 9.52. The van der Waals surface area contributed by atoms with E-state index in [1.807, 2.05) is 12.1 Å². The third-order valence-corrected chi connectivity index (χ3v) is 4.15. The minimum absolute atomic E-state index is 0.0304. The molecule has 1 saturated heterocycles. The van der Waals surface area contributed by atoms with Gasteiger partial charge in [0.25, 0.3) is 0 Å². The zero-order valence-electron chi connectivity index (χ0n) is 12.1. The molecular weight excluding hydrogens is 252 g/mol. The van der Waals surface area contributed by atoms with Crippen LogP contribution in [0.25, 0.3) is 0 Å². The van der Waals surface area contributed by atoms with Crippen molar-refractivity contribution in [2.24, 2.45) is 0 Å². The van der Waals surface area contributed by atoms with Crippen molar-refractivity contribution in [3.05, 3.63) is 17.8 Å². The number of morpholine rings is 1. The molecule has 0 aromatic carbocycles. The third kappa shape index (κ3) is 2.48. The molecule has 1 spiro atoms. The highest BCUT2D eigenvalue weighted by Crippen LogP contribution is 2.41. The minimum atomic E-state index is -0.182. The van der Waals surface area contributed by atoms with Crippen LogP contribution in [-0.4, -0.2) is 34.5 Å². The Hall–Kier alpha value is -1.67. The van der Waals surface area contributed by atoms with Gasteiger partial charge in [-0.1, -0.05) is 12.8 Å². The van der Waals surface area contributed by atoms with E-state index < -0.39 is 0 Å². The SMILES string of the molecule is CC1(C)CN(c2ccc(C#N)nn2)CC2(CCCC2)O1. The van der Waals surface area contributed by atoms with Gasteiger partial charge in [0.05, 0.1) is 11.2 Å². The molecule has 0 bridgehead atoms. The van der Waals surface area contributed by atoms with Crippen molar-refractivity contribution in [1.29, 1.82) is 5.26 Å². The van der Waals surface area contributed by atoms with E-state index in [-0.39, 0.29) is 11.2 Å². The van der Waals surface area contributed by atoms with Crippen LogP contribution < -0.4 is 4.90 Å². The number of nitriles is 1. The van der Waals surface area contributed by atoms with Crippen LogP contribution in [0, 0.1) is 11.3 Å². The largest absolute Gasteiger partial charge is 0.365 e. The van der Waals surface area contributed by atoms with Crippen molar-refractivity contribution in [3.63, 3.8) is 0 Å². The van der Waals surface area contributed by atoms with Crippen molar-refractivity contribution in [2.45, 2.75) is 50.7 Å². The summed E-state index contributed by atoms with van der Waals surface area (Å²) in [5, 5.41) is 16.9. The molecule has 3 rings (SSSR count). The summed E-state index contributed by atoms with van der Waals surface area (Å²) in [5.74, 6) is 0.839. The summed E-state index contributed by atoms with van der Waals surface area (Å²) >= 11 is 0. The predicted octanol–water partition coefficient (Wildman–Crippen LogP) is 2.28. The van der Waals surface area contributed by atoms with E-state index in [0.29, 0.717) is 5.69 Å². The van der Waals surface area contributed by atoms with Gasteiger partial charge in [-0.15, -0.1) is 10.2 Å². The van der Waals surface area contributed by atoms with Gasteiger partial charge < -0.3 is 9.64 Å². The van der Waals surface area contributed by atoms with Crippen molar-refractivity contribution in [2.75, 3.05) is 18.0 Å². The van der Waals surface area contributed by atoms with E-state index in [1.165, 1.54) is 12.8 Å². The smallest absolute Gasteiger partial charge is 0.163 e. The topological polar surface area (TPSA) is 62.0 Å². The van der Waals surface area contributed by atoms with Gasteiger partial charge in [0, 0.05) is 13.1 Å². The van der Waals surface area contributed by atoms with E-state index in [9.17, 15) is 0 Å². The normalized spacial score (nSPS) is 23.8. The first kappa shape index (κ1) is 13.3. The number of nitrogens with zero attached hydrogens (tertiary/aromatic N) is 4. The number of aromatic nitrogens is 2. The van der Waals surface area contributed by atoms with Crippen molar-refractivity contribution in [1.82, 2.24) is 10.2 Å². The van der Waals surface area contributed by atoms with E-state index in [0.717, 1.165) is 31.7 Å². The van der Waals surface area contributed by atoms with Gasteiger partial charge in [0.15, 0.2) is 11.5 Å². The Morgan fingerprint density at radius 1 is 1.20 bits per heavy atom. The van der Waals surface area contributed by atoms with Gasteiger partial charge in [-0.3, -0.25) is 0 Å². The highest BCUT2D eigenvalue weighted by Gasteiger charge is 2.46. The van der Waals surface area contributed by atoms with Crippen LogP contribution in [0.5, 0.6) is 0 Å². The number of anilines is 1. The monoisotopic (exact) mass is 272 g/mol. The molecule has 0 atom stereocenters. The second kappa shape index (κ2) is 4.71. The molecule has 1 saturated carbocycles. The molecule has 0 radical (unpaired) electrons. The summed E-state index contributed by atoms with van der Waals surface area (Å²) in [5.41, 5.74) is 0.145. The Kier molecular flexibility index (Phi) is 3.14. The molecule has 2 fully saturated rings. The van der Waals surface area contributed by atoms with Crippen molar-refractivity contribution >= 4 is 5.82 Å². The summed E-state index contributed by atoms with van der Waals surface area (Å²) in [6, 6.07) is 5.62. The third-order valence-electron chi connectivity index (χ3n) is 4.15. The predicted molar refractivity (Wildman–Crippen MR) is 75.3 cm³/mol. The summed E-state index contributed by atoms with van der Waals surface area (Å²) in [7, 11) is 0. The van der Waals surface area contributed by atoms with Gasteiger partial charge in [-0.05, 0) is 38.8 Å². The van der Waals surface area contributed by atoms with Gasteiger partial charge >= 0.3 is 0 Å². The van der Waals surface area contributed by atoms with Crippen molar-refractivity contribution in [3.8, 4) is 6.07 Å². The average Bonchev–Trinajstić information content (AvgIpc) is 2.84. The molecular formula is C15H20N4O. The van der Waals surface area contributed by atoms with Crippen LogP contribution in [0.3, 0.4) is 0 Å². The molecule has 1 aliphatic carbocycles. The van der Waals surface area contributed by atoms with Crippen LogP contribution in [0.15, 0.2) is 12.1 Å². The maximum absolute atomic E-state index is 8.80. The molecule has 2 heterocycles. The first-order valence-corrected chi connectivity index (χ1v) is 7.21. The number of hydrogen-bond donors (Lipinski definition) is 0. The Morgan fingerprint density at radius 3 is 2.55 bits per heavy atom. The van der Waals surface area contributed by atoms with E-state index in [4.69, 9.17) is 10.00 Å². The molecule has 0 N–H and O–H groups in total. The second-order valence-electron chi connectivity index (χ2n) is 6.50. The highest BCUT2D eigenvalue weighted by atomic mass is 16.5. The Balaban J connectivity index is 1.86. The summed E-state index contributed by atoms with van der Waals surface area (Å²) in [6.07, 6.45) is 4.72. The van der Waals surface area contributed by atoms with Crippen LogP contribution in [0.4, 0.5) is 5.82 Å². The Labute approximate surface area is 119 Å². The molecule has 1 aromatic rings. The molecule has 5 heteroatoms. The molecule has 1 aliphatic heterocycles. The zero-order valence-corrected chi connectivity index (χ0v) is 12.1. The van der Waals surface area contributed by atoms with Crippen LogP contribution >= 0.6 is 0 Å². The van der Waals surface area contributed by atoms with Crippen LogP contribution in [0.2, 0.25) is 0 Å². The molecule has 5 nitrogen and oxygen atoms in total. The first-order valence-electron chi connectivity index (χ1n) is 7.21. The second-order valence-corrected chi connectivity index (χ2v) is 6.50. The number of rotatable bonds is 1. The van der Waals surface area contributed by atoms with E-state index in [1.54, 1.807) is 6.07 Å². The molecule has 0 unspecified atom stereocenters. The zero-order chi connectivity index (χ0) is 14.2. The molecule has 20 heavy (non-hydrogen) atoms. The lowest BCUT2D eigenvalue weighted by Gasteiger charge is -2.49. The van der Waals surface area contributed by atoms with E-state index >= 15 is 0 Å². The van der Waals surface area contributed by atoms with E-state index in [2.05, 4.69) is 28.9 Å². The van der Waals surface area contributed by atoms with Gasteiger partial charge in [-0.2, -0.15) is 5.26 Å². The summed E-state index contributed by atoms with van der Waals surface area (Å²) in [6.45, 7) is 5.94. The van der Waals surface area contributed by atoms with Crippen LogP contribution in [0.1, 0.15) is 45.2 Å². The maximum Gasteiger partial charge on any atom is 0.163 e. The lowest BCUT2D eigenvalue weighted by atomic mass is 9.94. The standard InChI is InChI=1S/C15H20N4O/c1-14(2)10-19(11-15(20-14)7-3-4-8-15)13-6-5-12(9-16)17-18-13/h5-6H,3-4,7-8,10-11H2,1-2H3. The fourth-order valence-electron chi connectivity index (χ4n) is 3.51. The molecule has 1 aromatic heterocycles. The quantitative estimate of drug-likeness (QED) is 0.785. The van der Waals surface area contributed by atoms with Crippen LogP contribution in [-0.2, 0) is 4.74 Å². The molecule has 0 amide bonds. The lowest BCUT2D eigenvalue weighted by molar-refractivity contribution is -0.148. The van der Waals surface area contributed by atoms with Crippen molar-refractivity contribution < 1.29 is 4.74 Å².